The average molecular weight is 287 g/mol. The first-order valence-corrected chi connectivity index (χ1v) is 7.01. The third kappa shape index (κ3) is 4.05. The van der Waals surface area contributed by atoms with Gasteiger partial charge in [-0.25, -0.2) is 0 Å². The van der Waals surface area contributed by atoms with Crippen LogP contribution in [0.2, 0.25) is 0 Å². The second-order valence-electron chi connectivity index (χ2n) is 4.93. The molecule has 1 heterocycles. The number of nitrogens with zero attached hydrogens (tertiary/aromatic N) is 4. The Labute approximate surface area is 125 Å². The standard InChI is InChI=1S/C15H21N5O/c1-5-10-16-13-17-14(20(3)4)19-15(18-13)21-12-9-7-6-8-11(12)2/h6-9H,5,10H2,1-4H3,(H,16,17,18,19). The summed E-state index contributed by atoms with van der Waals surface area (Å²) in [5.41, 5.74) is 1.03. The Hall–Kier alpha value is -2.37. The molecule has 0 radical (unpaired) electrons. The summed E-state index contributed by atoms with van der Waals surface area (Å²) in [6.45, 7) is 4.88. The highest BCUT2D eigenvalue weighted by Gasteiger charge is 2.10. The Morgan fingerprint density at radius 2 is 1.90 bits per heavy atom. The quantitative estimate of drug-likeness (QED) is 0.881. The Morgan fingerprint density at radius 1 is 1.14 bits per heavy atom. The smallest absolute Gasteiger partial charge is 0.328 e. The number of benzene rings is 1. The van der Waals surface area contributed by atoms with Gasteiger partial charge in [0.15, 0.2) is 0 Å². The first-order valence-electron chi connectivity index (χ1n) is 7.01. The maximum absolute atomic E-state index is 5.79. The van der Waals surface area contributed by atoms with Crippen molar-refractivity contribution in [3.63, 3.8) is 0 Å². The van der Waals surface area contributed by atoms with E-state index in [2.05, 4.69) is 27.2 Å². The lowest BCUT2D eigenvalue weighted by Crippen LogP contribution is -2.16. The molecule has 0 spiro atoms. The molecule has 0 unspecified atom stereocenters. The van der Waals surface area contributed by atoms with Gasteiger partial charge in [0.25, 0.3) is 0 Å². The summed E-state index contributed by atoms with van der Waals surface area (Å²) >= 11 is 0. The van der Waals surface area contributed by atoms with Gasteiger partial charge in [-0.15, -0.1) is 0 Å². The van der Waals surface area contributed by atoms with Crippen LogP contribution < -0.4 is 15.0 Å². The summed E-state index contributed by atoms with van der Waals surface area (Å²) in [4.78, 5) is 14.8. The van der Waals surface area contributed by atoms with Gasteiger partial charge in [-0.05, 0) is 25.0 Å². The fourth-order valence-corrected chi connectivity index (χ4v) is 1.68. The third-order valence-electron chi connectivity index (χ3n) is 2.83. The van der Waals surface area contributed by atoms with Gasteiger partial charge in [0.2, 0.25) is 11.9 Å². The highest BCUT2D eigenvalue weighted by Crippen LogP contribution is 2.23. The minimum Gasteiger partial charge on any atom is -0.424 e. The predicted octanol–water partition coefficient (Wildman–Crippen LogP) is 2.86. The number of aryl methyl sites for hydroxylation is 1. The lowest BCUT2D eigenvalue weighted by Gasteiger charge is -2.14. The second-order valence-corrected chi connectivity index (χ2v) is 4.93. The summed E-state index contributed by atoms with van der Waals surface area (Å²) in [6, 6.07) is 8.07. The highest BCUT2D eigenvalue weighted by atomic mass is 16.5. The number of hydrogen-bond acceptors (Lipinski definition) is 6. The zero-order valence-electron chi connectivity index (χ0n) is 12.9. The van der Waals surface area contributed by atoms with E-state index in [0.29, 0.717) is 17.9 Å². The predicted molar refractivity (Wildman–Crippen MR) is 84.2 cm³/mol. The molecule has 21 heavy (non-hydrogen) atoms. The average Bonchev–Trinajstić information content (AvgIpc) is 2.47. The molecule has 6 nitrogen and oxygen atoms in total. The Kier molecular flexibility index (Phi) is 4.92. The summed E-state index contributed by atoms with van der Waals surface area (Å²) in [5.74, 6) is 1.83. The van der Waals surface area contributed by atoms with Gasteiger partial charge in [-0.3, -0.25) is 0 Å². The summed E-state index contributed by atoms with van der Waals surface area (Å²) in [6.07, 6.45) is 0.997. The van der Waals surface area contributed by atoms with E-state index in [1.54, 1.807) is 0 Å². The van der Waals surface area contributed by atoms with E-state index in [1.165, 1.54) is 0 Å². The van der Waals surface area contributed by atoms with Crippen LogP contribution in [-0.2, 0) is 0 Å². The van der Waals surface area contributed by atoms with Crippen LogP contribution in [0.5, 0.6) is 11.8 Å². The number of ether oxygens (including phenoxy) is 1. The van der Waals surface area contributed by atoms with E-state index in [0.717, 1.165) is 24.3 Å². The maximum atomic E-state index is 5.79. The van der Waals surface area contributed by atoms with Crippen LogP contribution in [0, 0.1) is 6.92 Å². The molecule has 0 aliphatic heterocycles. The molecule has 2 rings (SSSR count). The van der Waals surface area contributed by atoms with E-state index in [-0.39, 0.29) is 0 Å². The van der Waals surface area contributed by atoms with Crippen LogP contribution in [0.25, 0.3) is 0 Å². The van der Waals surface area contributed by atoms with Crippen molar-refractivity contribution in [2.75, 3.05) is 30.9 Å². The molecule has 0 saturated carbocycles. The van der Waals surface area contributed by atoms with E-state index in [9.17, 15) is 0 Å². The Morgan fingerprint density at radius 3 is 2.57 bits per heavy atom. The van der Waals surface area contributed by atoms with Crippen molar-refractivity contribution in [2.24, 2.45) is 0 Å². The van der Waals surface area contributed by atoms with Gasteiger partial charge >= 0.3 is 6.01 Å². The van der Waals surface area contributed by atoms with Crippen LogP contribution in [-0.4, -0.2) is 35.6 Å². The number of aromatic nitrogens is 3. The molecule has 0 amide bonds. The minimum atomic E-state index is 0.293. The van der Waals surface area contributed by atoms with Crippen LogP contribution in [0.3, 0.4) is 0 Å². The molecule has 0 bridgehead atoms. The fraction of sp³-hybridized carbons (Fsp3) is 0.400. The number of rotatable bonds is 6. The molecular formula is C15H21N5O. The topological polar surface area (TPSA) is 63.2 Å². The van der Waals surface area contributed by atoms with Crippen molar-refractivity contribution in [2.45, 2.75) is 20.3 Å². The molecule has 0 saturated heterocycles. The van der Waals surface area contributed by atoms with Gasteiger partial charge in [0.05, 0.1) is 0 Å². The van der Waals surface area contributed by atoms with Crippen LogP contribution in [0.15, 0.2) is 24.3 Å². The first-order chi connectivity index (χ1) is 10.1. The molecular weight excluding hydrogens is 266 g/mol. The summed E-state index contributed by atoms with van der Waals surface area (Å²) in [5, 5.41) is 3.16. The second kappa shape index (κ2) is 6.88. The monoisotopic (exact) mass is 287 g/mol. The molecule has 1 aromatic carbocycles. The molecule has 2 aromatic rings. The molecule has 1 N–H and O–H groups in total. The van der Waals surface area contributed by atoms with Crippen molar-refractivity contribution < 1.29 is 4.74 Å². The van der Waals surface area contributed by atoms with Gasteiger partial charge in [0.1, 0.15) is 5.75 Å². The SMILES string of the molecule is CCCNc1nc(Oc2ccccc2C)nc(N(C)C)n1. The summed E-state index contributed by atoms with van der Waals surface area (Å²) in [7, 11) is 3.77. The van der Waals surface area contributed by atoms with Crippen molar-refractivity contribution in [1.82, 2.24) is 15.0 Å². The van der Waals surface area contributed by atoms with Gasteiger partial charge in [0, 0.05) is 20.6 Å². The molecule has 0 aliphatic rings. The molecule has 1 aromatic heterocycles. The van der Waals surface area contributed by atoms with Crippen LogP contribution in [0.4, 0.5) is 11.9 Å². The third-order valence-corrected chi connectivity index (χ3v) is 2.83. The van der Waals surface area contributed by atoms with Crippen molar-refractivity contribution in [3.8, 4) is 11.8 Å². The van der Waals surface area contributed by atoms with Gasteiger partial charge < -0.3 is 15.0 Å². The van der Waals surface area contributed by atoms with Crippen molar-refractivity contribution in [1.29, 1.82) is 0 Å². The molecule has 0 atom stereocenters. The normalized spacial score (nSPS) is 10.3. The van der Waals surface area contributed by atoms with Gasteiger partial charge in [-0.2, -0.15) is 15.0 Å². The highest BCUT2D eigenvalue weighted by molar-refractivity contribution is 5.39. The van der Waals surface area contributed by atoms with Crippen LogP contribution in [0.1, 0.15) is 18.9 Å². The van der Waals surface area contributed by atoms with Crippen LogP contribution >= 0.6 is 0 Å². The lowest BCUT2D eigenvalue weighted by molar-refractivity contribution is 0.437. The van der Waals surface area contributed by atoms with Crippen molar-refractivity contribution in [3.05, 3.63) is 29.8 Å². The molecule has 6 heteroatoms. The van der Waals surface area contributed by atoms with Gasteiger partial charge in [-0.1, -0.05) is 25.1 Å². The van der Waals surface area contributed by atoms with E-state index >= 15 is 0 Å². The minimum absolute atomic E-state index is 0.293. The molecule has 0 aliphatic carbocycles. The van der Waals surface area contributed by atoms with E-state index < -0.39 is 0 Å². The first kappa shape index (κ1) is 15.0. The zero-order chi connectivity index (χ0) is 15.2. The van der Waals surface area contributed by atoms with E-state index in [4.69, 9.17) is 4.74 Å². The summed E-state index contributed by atoms with van der Waals surface area (Å²) < 4.78 is 5.79. The number of anilines is 2. The molecule has 112 valence electrons. The Balaban J connectivity index is 2.29. The number of hydrogen-bond donors (Lipinski definition) is 1. The largest absolute Gasteiger partial charge is 0.424 e. The fourth-order valence-electron chi connectivity index (χ4n) is 1.68. The van der Waals surface area contributed by atoms with Crippen molar-refractivity contribution >= 4 is 11.9 Å². The number of para-hydroxylation sites is 1. The maximum Gasteiger partial charge on any atom is 0.328 e. The number of nitrogens with one attached hydrogen (secondary N) is 1. The lowest BCUT2D eigenvalue weighted by atomic mass is 10.2. The molecule has 0 fully saturated rings. The zero-order valence-corrected chi connectivity index (χ0v) is 12.9. The van der Waals surface area contributed by atoms with E-state index in [1.807, 2.05) is 50.2 Å². The Bertz CT molecular complexity index is 600.